The Hall–Kier alpha value is -4.90. The van der Waals surface area contributed by atoms with Gasteiger partial charge in [0.15, 0.2) is 11.6 Å². The summed E-state index contributed by atoms with van der Waals surface area (Å²) in [6.07, 6.45) is 0. The zero-order chi connectivity index (χ0) is 25.7. The third kappa shape index (κ3) is 3.72. The van der Waals surface area contributed by atoms with Crippen LogP contribution in [0.1, 0.15) is 53.3 Å². The molecular weight excluding hydrogens is 460 g/mol. The second-order valence-electron chi connectivity index (χ2n) is 9.28. The Morgan fingerprint density at radius 3 is 2.19 bits per heavy atom. The summed E-state index contributed by atoms with van der Waals surface area (Å²) in [7, 11) is 0. The highest BCUT2D eigenvalue weighted by atomic mass is 16.2. The number of nitrogens with zero attached hydrogens (tertiary/aromatic N) is 1. The highest BCUT2D eigenvalue weighted by Crippen LogP contribution is 2.33. The lowest BCUT2D eigenvalue weighted by Crippen LogP contribution is -2.24. The van der Waals surface area contributed by atoms with Crippen LogP contribution in [0.15, 0.2) is 91.0 Å². The minimum absolute atomic E-state index is 0.215. The largest absolute Gasteiger partial charge is 0.321 e. The SMILES string of the molecule is Cc1ccc(-c2cc(C(=O)Nc3cccc4c3C(=O)c3ccccc3C4=O)c3ccccc3n2)c(C)c1. The lowest BCUT2D eigenvalue weighted by molar-refractivity contribution is 0.0978. The van der Waals surface area contributed by atoms with Crippen molar-refractivity contribution >= 4 is 34.1 Å². The Kier molecular flexibility index (Phi) is 5.27. The van der Waals surface area contributed by atoms with E-state index < -0.39 is 0 Å². The van der Waals surface area contributed by atoms with E-state index in [1.165, 1.54) is 0 Å². The molecule has 5 heteroatoms. The summed E-state index contributed by atoms with van der Waals surface area (Å²) in [5, 5.41) is 3.62. The Labute approximate surface area is 213 Å². The van der Waals surface area contributed by atoms with Gasteiger partial charge in [-0.1, -0.05) is 78.4 Å². The van der Waals surface area contributed by atoms with E-state index in [0.717, 1.165) is 16.7 Å². The number of hydrogen-bond acceptors (Lipinski definition) is 4. The van der Waals surface area contributed by atoms with E-state index in [4.69, 9.17) is 4.98 Å². The molecule has 4 aromatic carbocycles. The molecule has 0 bridgehead atoms. The predicted molar refractivity (Wildman–Crippen MR) is 144 cm³/mol. The van der Waals surface area contributed by atoms with Gasteiger partial charge in [0.05, 0.1) is 28.0 Å². The molecule has 0 radical (unpaired) electrons. The number of aryl methyl sites for hydroxylation is 2. The molecule has 5 aromatic rings. The number of pyridine rings is 1. The standard InChI is InChI=1S/C32H22N2O3/c1-18-14-15-20(19(2)16-18)28-17-25(21-8-5-6-12-26(21)33-28)32(37)34-27-13-7-11-24-29(27)31(36)23-10-4-3-9-22(23)30(24)35/h3-17H,1-2H3,(H,34,37). The first kappa shape index (κ1) is 22.6. The van der Waals surface area contributed by atoms with Crippen molar-refractivity contribution in [2.45, 2.75) is 13.8 Å². The van der Waals surface area contributed by atoms with Crippen LogP contribution in [-0.4, -0.2) is 22.5 Å². The number of rotatable bonds is 3. The van der Waals surface area contributed by atoms with Crippen LogP contribution in [0.3, 0.4) is 0 Å². The van der Waals surface area contributed by atoms with Gasteiger partial charge in [0.25, 0.3) is 5.91 Å². The van der Waals surface area contributed by atoms with E-state index >= 15 is 0 Å². The molecule has 0 aliphatic heterocycles. The molecule has 1 heterocycles. The summed E-state index contributed by atoms with van der Waals surface area (Å²) >= 11 is 0. The van der Waals surface area contributed by atoms with Crippen molar-refractivity contribution in [3.63, 3.8) is 0 Å². The second kappa shape index (κ2) is 8.64. The molecule has 1 aliphatic rings. The van der Waals surface area contributed by atoms with Crippen LogP contribution < -0.4 is 5.32 Å². The predicted octanol–water partition coefficient (Wildman–Crippen LogP) is 6.55. The fourth-order valence-electron chi connectivity index (χ4n) is 5.04. The van der Waals surface area contributed by atoms with Gasteiger partial charge < -0.3 is 5.32 Å². The molecule has 1 amide bonds. The number of carbonyl (C=O) groups excluding carboxylic acids is 3. The molecule has 0 unspecified atom stereocenters. The van der Waals surface area contributed by atoms with E-state index in [-0.39, 0.29) is 28.6 Å². The first-order valence-corrected chi connectivity index (χ1v) is 12.0. The van der Waals surface area contributed by atoms with Gasteiger partial charge in [0.2, 0.25) is 0 Å². The number of carbonyl (C=O) groups is 3. The highest BCUT2D eigenvalue weighted by molar-refractivity contribution is 6.31. The summed E-state index contributed by atoms with van der Waals surface area (Å²) < 4.78 is 0. The molecular formula is C32H22N2O3. The molecule has 6 rings (SSSR count). The average molecular weight is 483 g/mol. The number of amides is 1. The topological polar surface area (TPSA) is 76.1 Å². The van der Waals surface area contributed by atoms with E-state index in [9.17, 15) is 14.4 Å². The maximum absolute atomic E-state index is 13.7. The molecule has 178 valence electrons. The molecule has 0 spiro atoms. The molecule has 0 saturated heterocycles. The summed E-state index contributed by atoms with van der Waals surface area (Å²) in [6, 6.07) is 27.1. The molecule has 1 aromatic heterocycles. The van der Waals surface area contributed by atoms with Crippen LogP contribution in [0.2, 0.25) is 0 Å². The third-order valence-electron chi connectivity index (χ3n) is 6.82. The number of anilines is 1. The summed E-state index contributed by atoms with van der Waals surface area (Å²) in [5.41, 5.74) is 6.51. The van der Waals surface area contributed by atoms with E-state index in [1.807, 2.05) is 50.2 Å². The average Bonchev–Trinajstić information content (AvgIpc) is 2.91. The van der Waals surface area contributed by atoms with Crippen LogP contribution in [-0.2, 0) is 0 Å². The third-order valence-corrected chi connectivity index (χ3v) is 6.82. The van der Waals surface area contributed by atoms with Gasteiger partial charge in [-0.2, -0.15) is 0 Å². The van der Waals surface area contributed by atoms with Crippen molar-refractivity contribution in [3.05, 3.63) is 130 Å². The zero-order valence-electron chi connectivity index (χ0n) is 20.3. The van der Waals surface area contributed by atoms with Crippen molar-refractivity contribution in [2.24, 2.45) is 0 Å². The van der Waals surface area contributed by atoms with Gasteiger partial charge >= 0.3 is 0 Å². The zero-order valence-corrected chi connectivity index (χ0v) is 20.3. The van der Waals surface area contributed by atoms with Crippen molar-refractivity contribution in [1.82, 2.24) is 4.98 Å². The lowest BCUT2D eigenvalue weighted by Gasteiger charge is -2.20. The van der Waals surface area contributed by atoms with Crippen molar-refractivity contribution in [3.8, 4) is 11.3 Å². The van der Waals surface area contributed by atoms with Crippen LogP contribution in [0.5, 0.6) is 0 Å². The van der Waals surface area contributed by atoms with E-state index in [2.05, 4.69) is 11.4 Å². The fraction of sp³-hybridized carbons (Fsp3) is 0.0625. The molecule has 5 nitrogen and oxygen atoms in total. The Bertz CT molecular complexity index is 1790. The maximum Gasteiger partial charge on any atom is 0.256 e. The number of benzene rings is 4. The second-order valence-corrected chi connectivity index (χ2v) is 9.28. The van der Waals surface area contributed by atoms with Gasteiger partial charge in [-0.25, -0.2) is 4.98 Å². The maximum atomic E-state index is 13.7. The number of hydrogen-bond donors (Lipinski definition) is 1. The molecule has 0 fully saturated rings. The summed E-state index contributed by atoms with van der Waals surface area (Å²) in [5.74, 6) is -0.887. The van der Waals surface area contributed by atoms with Crippen LogP contribution >= 0.6 is 0 Å². The van der Waals surface area contributed by atoms with E-state index in [0.29, 0.717) is 39.0 Å². The van der Waals surface area contributed by atoms with Gasteiger partial charge in [-0.15, -0.1) is 0 Å². The van der Waals surface area contributed by atoms with Crippen LogP contribution in [0.4, 0.5) is 5.69 Å². The quantitative estimate of drug-likeness (QED) is 0.310. The van der Waals surface area contributed by atoms with Crippen molar-refractivity contribution in [2.75, 3.05) is 5.32 Å². The van der Waals surface area contributed by atoms with E-state index in [1.54, 1.807) is 48.5 Å². The van der Waals surface area contributed by atoms with Crippen LogP contribution in [0, 0.1) is 13.8 Å². The monoisotopic (exact) mass is 482 g/mol. The van der Waals surface area contributed by atoms with Gasteiger partial charge in [-0.05, 0) is 37.6 Å². The minimum Gasteiger partial charge on any atom is -0.321 e. The number of aromatic nitrogens is 1. The number of nitrogens with one attached hydrogen (secondary N) is 1. The molecule has 0 saturated carbocycles. The van der Waals surface area contributed by atoms with Crippen molar-refractivity contribution < 1.29 is 14.4 Å². The van der Waals surface area contributed by atoms with Gasteiger partial charge in [0, 0.05) is 27.6 Å². The Morgan fingerprint density at radius 2 is 1.41 bits per heavy atom. The Balaban J connectivity index is 1.46. The number of para-hydroxylation sites is 1. The fourth-order valence-corrected chi connectivity index (χ4v) is 5.04. The smallest absolute Gasteiger partial charge is 0.256 e. The molecule has 1 aliphatic carbocycles. The lowest BCUT2D eigenvalue weighted by atomic mass is 9.83. The van der Waals surface area contributed by atoms with Gasteiger partial charge in [-0.3, -0.25) is 14.4 Å². The molecule has 37 heavy (non-hydrogen) atoms. The number of fused-ring (bicyclic) bond motifs is 3. The molecule has 1 N–H and O–H groups in total. The normalized spacial score (nSPS) is 12.3. The number of ketones is 2. The first-order chi connectivity index (χ1) is 17.9. The first-order valence-electron chi connectivity index (χ1n) is 12.0. The highest BCUT2D eigenvalue weighted by Gasteiger charge is 2.32. The summed E-state index contributed by atoms with van der Waals surface area (Å²) in [6.45, 7) is 4.06. The van der Waals surface area contributed by atoms with Gasteiger partial charge in [0.1, 0.15) is 0 Å². The van der Waals surface area contributed by atoms with Crippen molar-refractivity contribution in [1.29, 1.82) is 0 Å². The van der Waals surface area contributed by atoms with Crippen LogP contribution in [0.25, 0.3) is 22.2 Å². The Morgan fingerprint density at radius 1 is 0.703 bits per heavy atom. The summed E-state index contributed by atoms with van der Waals surface area (Å²) in [4.78, 5) is 45.1. The minimum atomic E-state index is -0.378. The molecule has 0 atom stereocenters.